The van der Waals surface area contributed by atoms with Crippen molar-refractivity contribution in [3.8, 4) is 11.5 Å². The molecule has 0 heterocycles. The molecule has 0 spiro atoms. The number of methoxy groups -OCH3 is 1. The van der Waals surface area contributed by atoms with Gasteiger partial charge >= 0.3 is 5.97 Å². The van der Waals surface area contributed by atoms with Crippen LogP contribution in [-0.2, 0) is 4.79 Å². The Kier molecular flexibility index (Phi) is 6.01. The number of carbonyl (C=O) groups is 1. The molecule has 1 N–H and O–H groups in total. The monoisotopic (exact) mass is 326 g/mol. The van der Waals surface area contributed by atoms with E-state index in [9.17, 15) is 9.90 Å². The number of aliphatic carboxylic acids is 1. The van der Waals surface area contributed by atoms with Gasteiger partial charge in [0.1, 0.15) is 11.5 Å². The van der Waals surface area contributed by atoms with Crippen molar-refractivity contribution in [3.63, 3.8) is 0 Å². The highest BCUT2D eigenvalue weighted by molar-refractivity contribution is 6.20. The second-order valence-corrected chi connectivity index (χ2v) is 5.84. The van der Waals surface area contributed by atoms with Crippen LogP contribution in [0.5, 0.6) is 11.5 Å². The van der Waals surface area contributed by atoms with Gasteiger partial charge in [-0.05, 0) is 35.8 Å². The molecule has 4 heteroatoms. The van der Waals surface area contributed by atoms with Crippen LogP contribution in [0.4, 0.5) is 0 Å². The maximum atomic E-state index is 11.7. The molecule has 0 aliphatic heterocycles. The van der Waals surface area contributed by atoms with E-state index in [-0.39, 0.29) is 5.57 Å². The Labute approximate surface area is 142 Å². The third-order valence-corrected chi connectivity index (χ3v) is 3.40. The fraction of sp³-hybridized carbons (Fsp3) is 0.250. The topological polar surface area (TPSA) is 55.8 Å². The molecule has 24 heavy (non-hydrogen) atoms. The van der Waals surface area contributed by atoms with Crippen molar-refractivity contribution in [3.05, 3.63) is 59.7 Å². The van der Waals surface area contributed by atoms with E-state index in [1.807, 2.05) is 24.3 Å². The lowest BCUT2D eigenvalue weighted by Gasteiger charge is -2.12. The minimum absolute atomic E-state index is 0.189. The molecule has 0 fully saturated rings. The SMILES string of the molecule is COc1cccc(/C(=C/c2ccccc2OCC(C)C)C(=O)O)c1. The smallest absolute Gasteiger partial charge is 0.336 e. The van der Waals surface area contributed by atoms with E-state index in [1.165, 1.54) is 0 Å². The predicted molar refractivity (Wildman–Crippen MR) is 95.3 cm³/mol. The molecule has 2 aromatic carbocycles. The quantitative estimate of drug-likeness (QED) is 0.607. The van der Waals surface area contributed by atoms with Crippen LogP contribution in [0, 0.1) is 5.92 Å². The Bertz CT molecular complexity index is 732. The molecule has 0 unspecified atom stereocenters. The number of carboxylic acid groups (broad SMARTS) is 1. The Balaban J connectivity index is 2.43. The van der Waals surface area contributed by atoms with Crippen LogP contribution in [0.1, 0.15) is 25.0 Å². The van der Waals surface area contributed by atoms with Gasteiger partial charge in [0, 0.05) is 5.56 Å². The molecular formula is C20H22O4. The molecule has 0 radical (unpaired) electrons. The summed E-state index contributed by atoms with van der Waals surface area (Å²) in [6.45, 7) is 4.71. The normalized spacial score (nSPS) is 11.4. The van der Waals surface area contributed by atoms with Crippen LogP contribution in [0.2, 0.25) is 0 Å². The average Bonchev–Trinajstić information content (AvgIpc) is 2.58. The molecule has 0 saturated heterocycles. The largest absolute Gasteiger partial charge is 0.497 e. The first-order chi connectivity index (χ1) is 11.5. The van der Waals surface area contributed by atoms with Gasteiger partial charge in [0.2, 0.25) is 0 Å². The van der Waals surface area contributed by atoms with Crippen molar-refractivity contribution in [2.24, 2.45) is 5.92 Å². The minimum Gasteiger partial charge on any atom is -0.497 e. The van der Waals surface area contributed by atoms with Crippen LogP contribution < -0.4 is 9.47 Å². The Morgan fingerprint density at radius 2 is 1.92 bits per heavy atom. The van der Waals surface area contributed by atoms with Gasteiger partial charge in [-0.25, -0.2) is 4.79 Å². The van der Waals surface area contributed by atoms with Crippen molar-refractivity contribution in [2.75, 3.05) is 13.7 Å². The van der Waals surface area contributed by atoms with Gasteiger partial charge in [-0.3, -0.25) is 0 Å². The molecule has 0 bridgehead atoms. The number of ether oxygens (including phenoxy) is 2. The van der Waals surface area contributed by atoms with Crippen molar-refractivity contribution >= 4 is 17.6 Å². The first-order valence-electron chi connectivity index (χ1n) is 7.82. The lowest BCUT2D eigenvalue weighted by atomic mass is 10.0. The van der Waals surface area contributed by atoms with Crippen LogP contribution in [0.25, 0.3) is 11.6 Å². The maximum absolute atomic E-state index is 11.7. The highest BCUT2D eigenvalue weighted by Gasteiger charge is 2.13. The average molecular weight is 326 g/mol. The highest BCUT2D eigenvalue weighted by atomic mass is 16.5. The van der Waals surface area contributed by atoms with Crippen molar-refractivity contribution in [1.82, 2.24) is 0 Å². The van der Waals surface area contributed by atoms with Gasteiger partial charge < -0.3 is 14.6 Å². The zero-order valence-corrected chi connectivity index (χ0v) is 14.2. The number of para-hydroxylation sites is 1. The van der Waals surface area contributed by atoms with Gasteiger partial charge in [-0.2, -0.15) is 0 Å². The maximum Gasteiger partial charge on any atom is 0.336 e. The Morgan fingerprint density at radius 3 is 2.58 bits per heavy atom. The summed E-state index contributed by atoms with van der Waals surface area (Å²) in [6, 6.07) is 14.4. The van der Waals surface area contributed by atoms with Crippen molar-refractivity contribution in [1.29, 1.82) is 0 Å². The zero-order chi connectivity index (χ0) is 17.5. The summed E-state index contributed by atoms with van der Waals surface area (Å²) in [5, 5.41) is 9.61. The fourth-order valence-corrected chi connectivity index (χ4v) is 2.20. The number of hydrogen-bond acceptors (Lipinski definition) is 3. The van der Waals surface area contributed by atoms with Crippen molar-refractivity contribution in [2.45, 2.75) is 13.8 Å². The van der Waals surface area contributed by atoms with Gasteiger partial charge in [0.15, 0.2) is 0 Å². The standard InChI is InChI=1S/C20H22O4/c1-14(2)13-24-19-10-5-4-7-16(19)12-18(20(21)22)15-8-6-9-17(11-15)23-3/h4-12,14H,13H2,1-3H3,(H,21,22)/b18-12-. The van der Waals surface area contributed by atoms with Gasteiger partial charge in [0.05, 0.1) is 19.3 Å². The third-order valence-electron chi connectivity index (χ3n) is 3.40. The third kappa shape index (κ3) is 4.62. The summed E-state index contributed by atoms with van der Waals surface area (Å²) in [7, 11) is 1.55. The first-order valence-corrected chi connectivity index (χ1v) is 7.82. The molecule has 126 valence electrons. The Morgan fingerprint density at radius 1 is 1.17 bits per heavy atom. The van der Waals surface area contributed by atoms with Crippen LogP contribution >= 0.6 is 0 Å². The molecule has 0 atom stereocenters. The summed E-state index contributed by atoms with van der Waals surface area (Å²) < 4.78 is 11.0. The highest BCUT2D eigenvalue weighted by Crippen LogP contribution is 2.27. The number of rotatable bonds is 7. The molecule has 2 aromatic rings. The van der Waals surface area contributed by atoms with Crippen LogP contribution in [-0.4, -0.2) is 24.8 Å². The fourth-order valence-electron chi connectivity index (χ4n) is 2.20. The van der Waals surface area contributed by atoms with Gasteiger partial charge in [-0.1, -0.05) is 44.2 Å². The van der Waals surface area contributed by atoms with E-state index in [0.29, 0.717) is 29.6 Å². The second-order valence-electron chi connectivity index (χ2n) is 5.84. The van der Waals surface area contributed by atoms with Gasteiger partial charge in [-0.15, -0.1) is 0 Å². The van der Waals surface area contributed by atoms with E-state index in [2.05, 4.69) is 13.8 Å². The number of hydrogen-bond donors (Lipinski definition) is 1. The second kappa shape index (κ2) is 8.20. The molecule has 2 rings (SSSR count). The van der Waals surface area contributed by atoms with Crippen molar-refractivity contribution < 1.29 is 19.4 Å². The van der Waals surface area contributed by atoms with E-state index in [4.69, 9.17) is 9.47 Å². The summed E-state index contributed by atoms with van der Waals surface area (Å²) in [6.07, 6.45) is 1.63. The molecule has 0 aromatic heterocycles. The van der Waals surface area contributed by atoms with E-state index < -0.39 is 5.97 Å². The van der Waals surface area contributed by atoms with E-state index >= 15 is 0 Å². The molecule has 4 nitrogen and oxygen atoms in total. The number of carboxylic acids is 1. The summed E-state index contributed by atoms with van der Waals surface area (Å²) in [4.78, 5) is 11.7. The van der Waals surface area contributed by atoms with Crippen LogP contribution in [0.3, 0.4) is 0 Å². The molecule has 0 aliphatic rings. The molecule has 0 amide bonds. The van der Waals surface area contributed by atoms with E-state index in [0.717, 1.165) is 5.56 Å². The number of benzene rings is 2. The Hall–Kier alpha value is -2.75. The summed E-state index contributed by atoms with van der Waals surface area (Å²) in [5.41, 5.74) is 1.51. The lowest BCUT2D eigenvalue weighted by Crippen LogP contribution is -2.06. The molecule has 0 saturated carbocycles. The minimum atomic E-state index is -0.998. The van der Waals surface area contributed by atoms with E-state index in [1.54, 1.807) is 37.5 Å². The summed E-state index contributed by atoms with van der Waals surface area (Å²) in [5.74, 6) is 0.679. The predicted octanol–water partition coefficient (Wildman–Crippen LogP) is 4.36. The molecule has 0 aliphatic carbocycles. The summed E-state index contributed by atoms with van der Waals surface area (Å²) >= 11 is 0. The lowest BCUT2D eigenvalue weighted by molar-refractivity contribution is -0.130. The molecular weight excluding hydrogens is 304 g/mol. The first kappa shape index (κ1) is 17.6. The van der Waals surface area contributed by atoms with Gasteiger partial charge in [0.25, 0.3) is 0 Å². The zero-order valence-electron chi connectivity index (χ0n) is 14.2. The van der Waals surface area contributed by atoms with Crippen LogP contribution in [0.15, 0.2) is 48.5 Å².